The highest BCUT2D eigenvalue weighted by atomic mass is 35.5. The molecule has 0 bridgehead atoms. The molecule has 1 N–H and O–H groups in total. The van der Waals surface area contributed by atoms with Gasteiger partial charge >= 0.3 is 0 Å². The van der Waals surface area contributed by atoms with E-state index in [0.717, 1.165) is 18.1 Å². The Kier molecular flexibility index (Phi) is 5.71. The van der Waals surface area contributed by atoms with Crippen molar-refractivity contribution in [2.45, 2.75) is 32.4 Å². The lowest BCUT2D eigenvalue weighted by molar-refractivity contribution is 0.238. The molecular formula is C20H25ClN2. The highest BCUT2D eigenvalue weighted by Crippen LogP contribution is 2.25. The zero-order valence-electron chi connectivity index (χ0n) is 13.8. The van der Waals surface area contributed by atoms with Gasteiger partial charge in [-0.1, -0.05) is 53.6 Å². The Balaban J connectivity index is 1.63. The number of nitrogens with one attached hydrogen (secondary N) is 1. The molecule has 1 heterocycles. The van der Waals surface area contributed by atoms with Crippen molar-refractivity contribution in [3.63, 3.8) is 0 Å². The molecule has 1 aliphatic heterocycles. The maximum Gasteiger partial charge on any atom is 0.0472 e. The third-order valence-corrected chi connectivity index (χ3v) is 4.88. The van der Waals surface area contributed by atoms with Gasteiger partial charge in [0.1, 0.15) is 0 Å². The molecule has 122 valence electrons. The molecule has 0 spiro atoms. The summed E-state index contributed by atoms with van der Waals surface area (Å²) in [6.45, 7) is 6.40. The van der Waals surface area contributed by atoms with Crippen LogP contribution in [0.1, 0.15) is 35.6 Å². The fourth-order valence-electron chi connectivity index (χ4n) is 3.26. The molecule has 3 rings (SSSR count). The van der Waals surface area contributed by atoms with Crippen LogP contribution < -0.4 is 5.32 Å². The molecule has 0 aliphatic carbocycles. The van der Waals surface area contributed by atoms with Gasteiger partial charge in [-0.25, -0.2) is 0 Å². The van der Waals surface area contributed by atoms with E-state index < -0.39 is 0 Å². The maximum absolute atomic E-state index is 6.04. The lowest BCUT2D eigenvalue weighted by Gasteiger charge is -2.28. The Morgan fingerprint density at radius 3 is 2.30 bits per heavy atom. The smallest absolute Gasteiger partial charge is 0.0472 e. The van der Waals surface area contributed by atoms with Crippen LogP contribution in [0.15, 0.2) is 48.5 Å². The van der Waals surface area contributed by atoms with Gasteiger partial charge < -0.3 is 5.32 Å². The Morgan fingerprint density at radius 1 is 1.00 bits per heavy atom. The molecule has 1 fully saturated rings. The summed E-state index contributed by atoms with van der Waals surface area (Å²) in [5, 5.41) is 4.44. The van der Waals surface area contributed by atoms with Crippen molar-refractivity contribution in [2.24, 2.45) is 0 Å². The van der Waals surface area contributed by atoms with Crippen LogP contribution in [0, 0.1) is 6.92 Å². The monoisotopic (exact) mass is 328 g/mol. The summed E-state index contributed by atoms with van der Waals surface area (Å²) >= 11 is 6.04. The number of hydrogen-bond donors (Lipinski definition) is 1. The van der Waals surface area contributed by atoms with E-state index in [0.29, 0.717) is 6.04 Å². The first-order valence-electron chi connectivity index (χ1n) is 8.48. The van der Waals surface area contributed by atoms with Crippen molar-refractivity contribution in [1.29, 1.82) is 0 Å². The topological polar surface area (TPSA) is 15.3 Å². The van der Waals surface area contributed by atoms with Gasteiger partial charge in [0.15, 0.2) is 0 Å². The van der Waals surface area contributed by atoms with E-state index in [2.05, 4.69) is 53.5 Å². The van der Waals surface area contributed by atoms with Crippen LogP contribution in [0.2, 0.25) is 5.02 Å². The molecule has 3 heteroatoms. The number of hydrogen-bond acceptors (Lipinski definition) is 2. The molecule has 1 atom stereocenters. The van der Waals surface area contributed by atoms with Crippen molar-refractivity contribution in [3.05, 3.63) is 70.2 Å². The van der Waals surface area contributed by atoms with Gasteiger partial charge in [0.05, 0.1) is 0 Å². The van der Waals surface area contributed by atoms with Crippen molar-refractivity contribution in [2.75, 3.05) is 19.6 Å². The van der Waals surface area contributed by atoms with Crippen LogP contribution in [0.3, 0.4) is 0 Å². The van der Waals surface area contributed by atoms with Crippen LogP contribution in [0.4, 0.5) is 0 Å². The fourth-order valence-corrected chi connectivity index (χ4v) is 3.38. The summed E-state index contributed by atoms with van der Waals surface area (Å²) < 4.78 is 0. The zero-order valence-corrected chi connectivity index (χ0v) is 14.5. The molecule has 0 aromatic heterocycles. The van der Waals surface area contributed by atoms with E-state index >= 15 is 0 Å². The van der Waals surface area contributed by atoms with Gasteiger partial charge in [0, 0.05) is 24.2 Å². The first kappa shape index (κ1) is 16.5. The standard InChI is InChI=1S/C20H25ClN2/c1-16-4-6-17(7-5-16)14-22-15-20(23-12-2-3-13-23)18-8-10-19(21)11-9-18/h4-11,20,22H,2-3,12-15H2,1H3. The molecule has 0 saturated carbocycles. The molecule has 1 saturated heterocycles. The summed E-state index contributed by atoms with van der Waals surface area (Å²) in [4.78, 5) is 2.59. The normalized spacial score (nSPS) is 16.6. The lowest BCUT2D eigenvalue weighted by Crippen LogP contribution is -2.34. The SMILES string of the molecule is Cc1ccc(CNCC(c2ccc(Cl)cc2)N2CCCC2)cc1. The van der Waals surface area contributed by atoms with Crippen molar-refractivity contribution in [3.8, 4) is 0 Å². The minimum absolute atomic E-state index is 0.431. The van der Waals surface area contributed by atoms with Crippen molar-refractivity contribution < 1.29 is 0 Å². The second-order valence-electron chi connectivity index (χ2n) is 6.43. The Morgan fingerprint density at radius 2 is 1.65 bits per heavy atom. The average molecular weight is 329 g/mol. The summed E-state index contributed by atoms with van der Waals surface area (Å²) in [5.74, 6) is 0. The minimum atomic E-state index is 0.431. The van der Waals surface area contributed by atoms with E-state index in [9.17, 15) is 0 Å². The molecule has 23 heavy (non-hydrogen) atoms. The first-order chi connectivity index (χ1) is 11.2. The third-order valence-electron chi connectivity index (χ3n) is 4.62. The summed E-state index contributed by atoms with van der Waals surface area (Å²) in [6.07, 6.45) is 2.62. The molecule has 2 aromatic carbocycles. The fraction of sp³-hybridized carbons (Fsp3) is 0.400. The molecule has 0 radical (unpaired) electrons. The highest BCUT2D eigenvalue weighted by molar-refractivity contribution is 6.30. The van der Waals surface area contributed by atoms with Crippen molar-refractivity contribution >= 4 is 11.6 Å². The predicted molar refractivity (Wildman–Crippen MR) is 97.9 cm³/mol. The van der Waals surface area contributed by atoms with Crippen LogP contribution >= 0.6 is 11.6 Å². The van der Waals surface area contributed by atoms with Crippen LogP contribution in [-0.4, -0.2) is 24.5 Å². The first-order valence-corrected chi connectivity index (χ1v) is 8.86. The Labute approximate surface area is 144 Å². The van der Waals surface area contributed by atoms with Crippen molar-refractivity contribution in [1.82, 2.24) is 10.2 Å². The van der Waals surface area contributed by atoms with E-state index in [4.69, 9.17) is 11.6 Å². The summed E-state index contributed by atoms with van der Waals surface area (Å²) in [5.41, 5.74) is 4.00. The van der Waals surface area contributed by atoms with Crippen LogP contribution in [0.5, 0.6) is 0 Å². The minimum Gasteiger partial charge on any atom is -0.311 e. The van der Waals surface area contributed by atoms with Gasteiger partial charge in [-0.3, -0.25) is 4.90 Å². The average Bonchev–Trinajstić information content (AvgIpc) is 3.09. The lowest BCUT2D eigenvalue weighted by atomic mass is 10.1. The van der Waals surface area contributed by atoms with E-state index in [1.165, 1.54) is 42.6 Å². The summed E-state index contributed by atoms with van der Waals surface area (Å²) in [7, 11) is 0. The van der Waals surface area contributed by atoms with E-state index in [1.54, 1.807) is 0 Å². The van der Waals surface area contributed by atoms with E-state index in [1.807, 2.05) is 12.1 Å². The van der Waals surface area contributed by atoms with Gasteiger partial charge in [-0.15, -0.1) is 0 Å². The second-order valence-corrected chi connectivity index (χ2v) is 6.86. The molecular weight excluding hydrogens is 304 g/mol. The molecule has 0 amide bonds. The summed E-state index contributed by atoms with van der Waals surface area (Å²) in [6, 6.07) is 17.5. The van der Waals surface area contributed by atoms with Gasteiger partial charge in [0.25, 0.3) is 0 Å². The number of benzene rings is 2. The third kappa shape index (κ3) is 4.57. The largest absolute Gasteiger partial charge is 0.311 e. The highest BCUT2D eigenvalue weighted by Gasteiger charge is 2.23. The van der Waals surface area contributed by atoms with E-state index in [-0.39, 0.29) is 0 Å². The number of nitrogens with zero attached hydrogens (tertiary/aromatic N) is 1. The van der Waals surface area contributed by atoms with Gasteiger partial charge in [-0.05, 0) is 56.1 Å². The Bertz CT molecular complexity index is 601. The number of likely N-dealkylation sites (tertiary alicyclic amines) is 1. The molecule has 1 aliphatic rings. The quantitative estimate of drug-likeness (QED) is 0.835. The molecule has 1 unspecified atom stereocenters. The van der Waals surface area contributed by atoms with Crippen LogP contribution in [0.25, 0.3) is 0 Å². The molecule has 2 aromatic rings. The number of aryl methyl sites for hydroxylation is 1. The number of rotatable bonds is 6. The van der Waals surface area contributed by atoms with Gasteiger partial charge in [0.2, 0.25) is 0 Å². The predicted octanol–water partition coefficient (Wildman–Crippen LogP) is 4.58. The Hall–Kier alpha value is -1.35. The maximum atomic E-state index is 6.04. The molecule has 2 nitrogen and oxygen atoms in total. The zero-order chi connectivity index (χ0) is 16.1. The number of halogens is 1. The second kappa shape index (κ2) is 7.96. The van der Waals surface area contributed by atoms with Gasteiger partial charge in [-0.2, -0.15) is 0 Å². The van der Waals surface area contributed by atoms with Crippen LogP contribution in [-0.2, 0) is 6.54 Å².